The average molecular weight is 421 g/mol. The van der Waals surface area contributed by atoms with Gasteiger partial charge in [0.05, 0.1) is 27.0 Å². The molecule has 0 saturated heterocycles. The summed E-state index contributed by atoms with van der Waals surface area (Å²) in [6, 6.07) is 13.6. The maximum atomic E-state index is 12.5. The second-order valence-corrected chi connectivity index (χ2v) is 7.82. The molecule has 1 fully saturated rings. The van der Waals surface area contributed by atoms with Gasteiger partial charge in [0.15, 0.2) is 0 Å². The van der Waals surface area contributed by atoms with Crippen molar-refractivity contribution >= 4 is 0 Å². The predicted molar refractivity (Wildman–Crippen MR) is 117 cm³/mol. The molecule has 0 spiro atoms. The average Bonchev–Trinajstić information content (AvgIpc) is 3.59. The lowest BCUT2D eigenvalue weighted by molar-refractivity contribution is 0.277. The Morgan fingerprint density at radius 1 is 1.03 bits per heavy atom. The summed E-state index contributed by atoms with van der Waals surface area (Å²) in [5.41, 5.74) is 2.82. The normalized spacial score (nSPS) is 17.3. The zero-order valence-electron chi connectivity index (χ0n) is 18.1. The summed E-state index contributed by atoms with van der Waals surface area (Å²) in [7, 11) is 4.94. The van der Waals surface area contributed by atoms with Crippen molar-refractivity contribution in [3.63, 3.8) is 0 Å². The van der Waals surface area contributed by atoms with E-state index in [4.69, 9.17) is 14.2 Å². The maximum absolute atomic E-state index is 12.5. The van der Waals surface area contributed by atoms with E-state index in [1.54, 1.807) is 33.5 Å². The van der Waals surface area contributed by atoms with Crippen LogP contribution in [-0.2, 0) is 19.9 Å². The number of aromatic nitrogens is 3. The first kappa shape index (κ1) is 20.9. The van der Waals surface area contributed by atoms with Crippen LogP contribution in [0.15, 0.2) is 53.5 Å². The Kier molecular flexibility index (Phi) is 6.21. The lowest BCUT2D eigenvalue weighted by Gasteiger charge is -2.09. The molecule has 2 aromatic heterocycles. The van der Waals surface area contributed by atoms with Crippen LogP contribution < -0.4 is 19.8 Å². The van der Waals surface area contributed by atoms with E-state index in [9.17, 15) is 4.79 Å². The second kappa shape index (κ2) is 9.20. The first-order valence-electron chi connectivity index (χ1n) is 10.4. The third-order valence-electron chi connectivity index (χ3n) is 5.70. The SMILES string of the molecule is COc1ccc(CCc2cc(OC[C@H]3C[C@@H]3c3ccc(OC)cn3)nn(C)c2=O)cc1. The first-order chi connectivity index (χ1) is 15.1. The largest absolute Gasteiger partial charge is 0.497 e. The van der Waals surface area contributed by atoms with Crippen LogP contribution in [0.3, 0.4) is 0 Å². The van der Waals surface area contributed by atoms with Crippen molar-refractivity contribution in [2.24, 2.45) is 13.0 Å². The second-order valence-electron chi connectivity index (χ2n) is 7.82. The van der Waals surface area contributed by atoms with Crippen molar-refractivity contribution in [1.29, 1.82) is 0 Å². The van der Waals surface area contributed by atoms with Gasteiger partial charge in [-0.05, 0) is 49.1 Å². The zero-order valence-corrected chi connectivity index (χ0v) is 18.1. The Balaban J connectivity index is 1.35. The Labute approximate surface area is 181 Å². The molecule has 0 amide bonds. The number of hydrogen-bond donors (Lipinski definition) is 0. The van der Waals surface area contributed by atoms with Gasteiger partial charge < -0.3 is 14.2 Å². The minimum Gasteiger partial charge on any atom is -0.497 e. The fraction of sp³-hybridized carbons (Fsp3) is 0.375. The van der Waals surface area contributed by atoms with Crippen LogP contribution in [0.25, 0.3) is 0 Å². The molecule has 1 aliphatic carbocycles. The van der Waals surface area contributed by atoms with Crippen molar-refractivity contribution in [1.82, 2.24) is 14.8 Å². The van der Waals surface area contributed by atoms with Gasteiger partial charge in [0.25, 0.3) is 5.56 Å². The fourth-order valence-corrected chi connectivity index (χ4v) is 3.68. The number of benzene rings is 1. The van der Waals surface area contributed by atoms with E-state index in [2.05, 4.69) is 10.1 Å². The Hall–Kier alpha value is -3.35. The van der Waals surface area contributed by atoms with Gasteiger partial charge >= 0.3 is 0 Å². The molecule has 4 rings (SSSR count). The molecule has 0 bridgehead atoms. The van der Waals surface area contributed by atoms with Crippen molar-refractivity contribution in [2.75, 3.05) is 20.8 Å². The predicted octanol–water partition coefficient (Wildman–Crippen LogP) is 3.16. The highest BCUT2D eigenvalue weighted by atomic mass is 16.5. The summed E-state index contributed by atoms with van der Waals surface area (Å²) in [6.07, 6.45) is 4.17. The van der Waals surface area contributed by atoms with E-state index < -0.39 is 0 Å². The number of nitrogens with zero attached hydrogens (tertiary/aromatic N) is 3. The molecule has 0 aliphatic heterocycles. The number of pyridine rings is 1. The van der Waals surface area contributed by atoms with Crippen LogP contribution in [-0.4, -0.2) is 35.6 Å². The maximum Gasteiger partial charge on any atom is 0.269 e. The quantitative estimate of drug-likeness (QED) is 0.528. The Morgan fingerprint density at radius 3 is 2.45 bits per heavy atom. The summed E-state index contributed by atoms with van der Waals surface area (Å²) < 4.78 is 17.7. The third kappa shape index (κ3) is 5.05. The van der Waals surface area contributed by atoms with Gasteiger partial charge in [0.1, 0.15) is 11.5 Å². The first-order valence-corrected chi connectivity index (χ1v) is 10.4. The highest BCUT2D eigenvalue weighted by Crippen LogP contribution is 2.46. The van der Waals surface area contributed by atoms with Crippen LogP contribution in [0.5, 0.6) is 17.4 Å². The minimum atomic E-state index is -0.0902. The van der Waals surface area contributed by atoms with E-state index in [-0.39, 0.29) is 5.56 Å². The molecular weight excluding hydrogens is 394 g/mol. The fourth-order valence-electron chi connectivity index (χ4n) is 3.68. The van der Waals surface area contributed by atoms with Gasteiger partial charge in [0.2, 0.25) is 5.88 Å². The van der Waals surface area contributed by atoms with Crippen LogP contribution in [0.4, 0.5) is 0 Å². The molecule has 1 saturated carbocycles. The van der Waals surface area contributed by atoms with Crippen molar-refractivity contribution < 1.29 is 14.2 Å². The highest BCUT2D eigenvalue weighted by Gasteiger charge is 2.40. The van der Waals surface area contributed by atoms with E-state index in [1.807, 2.05) is 36.4 Å². The van der Waals surface area contributed by atoms with E-state index >= 15 is 0 Å². The van der Waals surface area contributed by atoms with E-state index in [1.165, 1.54) is 4.68 Å². The molecule has 2 atom stereocenters. The molecule has 0 N–H and O–H groups in total. The molecule has 162 valence electrons. The molecule has 0 unspecified atom stereocenters. The third-order valence-corrected chi connectivity index (χ3v) is 5.70. The number of aryl methyl sites for hydroxylation is 3. The number of methoxy groups -OCH3 is 2. The van der Waals surface area contributed by atoms with E-state index in [0.29, 0.717) is 36.3 Å². The molecule has 0 radical (unpaired) electrons. The minimum absolute atomic E-state index is 0.0902. The zero-order chi connectivity index (χ0) is 21.8. The monoisotopic (exact) mass is 421 g/mol. The van der Waals surface area contributed by atoms with E-state index in [0.717, 1.165) is 35.6 Å². The molecular formula is C24H27N3O4. The number of ether oxygens (including phenoxy) is 3. The standard InChI is InChI=1S/C24H27N3O4/c1-27-24(28)17(7-4-16-5-8-19(29-2)9-6-16)13-23(26-27)31-15-18-12-21(18)22-11-10-20(30-3)14-25-22/h5-6,8-11,13-14,18,21H,4,7,12,15H2,1-3H3/t18-,21+/m1/s1. The molecule has 7 nitrogen and oxygen atoms in total. The Morgan fingerprint density at radius 2 is 1.77 bits per heavy atom. The molecule has 1 aliphatic rings. The number of rotatable bonds is 9. The summed E-state index contributed by atoms with van der Waals surface area (Å²) in [5.74, 6) is 2.87. The molecule has 7 heteroatoms. The van der Waals surface area contributed by atoms with Gasteiger partial charge in [-0.1, -0.05) is 12.1 Å². The van der Waals surface area contributed by atoms with Crippen LogP contribution in [0.1, 0.15) is 29.2 Å². The van der Waals surface area contributed by atoms with Crippen LogP contribution in [0.2, 0.25) is 0 Å². The van der Waals surface area contributed by atoms with Crippen LogP contribution in [0, 0.1) is 5.92 Å². The van der Waals surface area contributed by atoms with Crippen molar-refractivity contribution in [3.8, 4) is 17.4 Å². The summed E-state index contributed by atoms with van der Waals surface area (Å²) in [4.78, 5) is 17.0. The topological polar surface area (TPSA) is 75.5 Å². The summed E-state index contributed by atoms with van der Waals surface area (Å²) in [5, 5.41) is 4.26. The molecule has 3 aromatic rings. The van der Waals surface area contributed by atoms with Crippen LogP contribution >= 0.6 is 0 Å². The van der Waals surface area contributed by atoms with Gasteiger partial charge in [0, 0.05) is 36.2 Å². The highest BCUT2D eigenvalue weighted by molar-refractivity contribution is 5.29. The van der Waals surface area contributed by atoms with Gasteiger partial charge in [-0.2, -0.15) is 0 Å². The molecule has 1 aromatic carbocycles. The molecule has 31 heavy (non-hydrogen) atoms. The summed E-state index contributed by atoms with van der Waals surface area (Å²) in [6.45, 7) is 0.557. The van der Waals surface area contributed by atoms with Gasteiger partial charge in [-0.15, -0.1) is 5.10 Å². The van der Waals surface area contributed by atoms with Gasteiger partial charge in [-0.25, -0.2) is 4.68 Å². The number of hydrogen-bond acceptors (Lipinski definition) is 6. The lowest BCUT2D eigenvalue weighted by atomic mass is 10.1. The lowest BCUT2D eigenvalue weighted by Crippen LogP contribution is -2.24. The smallest absolute Gasteiger partial charge is 0.269 e. The van der Waals surface area contributed by atoms with Gasteiger partial charge in [-0.3, -0.25) is 9.78 Å². The van der Waals surface area contributed by atoms with Crippen molar-refractivity contribution in [3.05, 3.63) is 75.8 Å². The summed E-state index contributed by atoms with van der Waals surface area (Å²) >= 11 is 0. The van der Waals surface area contributed by atoms with Crippen molar-refractivity contribution in [2.45, 2.75) is 25.2 Å². The Bertz CT molecular complexity index is 1080. The molecule has 2 heterocycles.